The van der Waals surface area contributed by atoms with E-state index in [0.29, 0.717) is 34.9 Å². The molecule has 16 aromatic rings. The first-order valence-electron chi connectivity index (χ1n) is 32.0. The number of nitrogens with zero attached hydrogens (tertiary/aromatic N) is 10. The third-order valence-corrected chi connectivity index (χ3v) is 17.5. The van der Waals surface area contributed by atoms with Crippen LogP contribution in [0.5, 0.6) is 0 Å². The SMILES string of the molecule is Brc1ccc(-c2nc(-c3ccccc3)nc(-c3ccccc3)n2)cc1.Brc1ccc(-c2nc(-c3ccccc3)nc(-c3ccccc3)n2)cc1.Brc1cccc(-c2cc(-c3ccccc3)nc(-c3ccccc3)n2)c1.Brc1cccc(-c2cc(-c3ccccc3)nc(-c3ccccc3)n2)c1. The largest absolute Gasteiger partial charge is 0.228 e. The molecule has 0 radical (unpaired) electrons. The van der Waals surface area contributed by atoms with E-state index < -0.39 is 0 Å². The fourth-order valence-corrected chi connectivity index (χ4v) is 11.8. The van der Waals surface area contributed by atoms with Crippen LogP contribution < -0.4 is 0 Å². The van der Waals surface area contributed by atoms with Crippen LogP contribution in [0.25, 0.3) is 136 Å². The summed E-state index contributed by atoms with van der Waals surface area (Å²) in [6, 6.07) is 117. The van der Waals surface area contributed by atoms with Crippen molar-refractivity contribution in [3.8, 4) is 136 Å². The predicted octanol–water partition coefficient (Wildman–Crippen LogP) is 23.8. The number of rotatable bonds is 12. The summed E-state index contributed by atoms with van der Waals surface area (Å²) in [7, 11) is 0. The molecule has 0 N–H and O–H groups in total. The molecular weight excluding hydrogens is 1490 g/mol. The smallest absolute Gasteiger partial charge is 0.164 e. The van der Waals surface area contributed by atoms with Gasteiger partial charge in [-0.25, -0.2) is 49.8 Å². The lowest BCUT2D eigenvalue weighted by Gasteiger charge is -2.09. The van der Waals surface area contributed by atoms with Crippen LogP contribution in [0.15, 0.2) is 370 Å². The number of aromatic nitrogens is 10. The molecule has 0 aliphatic carbocycles. The molecule has 0 saturated carbocycles. The van der Waals surface area contributed by atoms with E-state index in [1.165, 1.54) is 0 Å². The van der Waals surface area contributed by atoms with Crippen molar-refractivity contribution in [2.75, 3.05) is 0 Å². The third-order valence-electron chi connectivity index (χ3n) is 15.5. The van der Waals surface area contributed by atoms with Gasteiger partial charge in [0.05, 0.1) is 22.8 Å². The summed E-state index contributed by atoms with van der Waals surface area (Å²) in [6.45, 7) is 0. The molecule has 4 aromatic heterocycles. The maximum atomic E-state index is 4.81. The van der Waals surface area contributed by atoms with Crippen LogP contribution in [0.3, 0.4) is 0 Å². The van der Waals surface area contributed by atoms with Crippen molar-refractivity contribution in [3.05, 3.63) is 370 Å². The van der Waals surface area contributed by atoms with Crippen molar-refractivity contribution >= 4 is 63.7 Å². The van der Waals surface area contributed by atoms with Crippen molar-refractivity contribution < 1.29 is 0 Å². The molecule has 0 unspecified atom stereocenters. The highest BCUT2D eigenvalue weighted by Gasteiger charge is 2.16. The fourth-order valence-electron chi connectivity index (χ4n) is 10.5. The van der Waals surface area contributed by atoms with Crippen LogP contribution >= 0.6 is 63.7 Å². The van der Waals surface area contributed by atoms with Crippen molar-refractivity contribution in [1.82, 2.24) is 49.8 Å². The van der Waals surface area contributed by atoms with Gasteiger partial charge in [-0.05, 0) is 60.7 Å². The molecule has 0 fully saturated rings. The summed E-state index contributed by atoms with van der Waals surface area (Å²) in [4.78, 5) is 47.4. The molecule has 480 valence electrons. The van der Waals surface area contributed by atoms with Crippen LogP contribution in [0.1, 0.15) is 0 Å². The first-order valence-corrected chi connectivity index (χ1v) is 35.1. The molecule has 14 heteroatoms. The van der Waals surface area contributed by atoms with E-state index in [4.69, 9.17) is 39.9 Å². The van der Waals surface area contributed by atoms with Crippen molar-refractivity contribution in [3.63, 3.8) is 0 Å². The van der Waals surface area contributed by atoms with Crippen LogP contribution in [0.2, 0.25) is 0 Å². The lowest BCUT2D eigenvalue weighted by atomic mass is 10.1. The van der Waals surface area contributed by atoms with Crippen molar-refractivity contribution in [1.29, 1.82) is 0 Å². The maximum Gasteiger partial charge on any atom is 0.164 e. The molecule has 0 saturated heterocycles. The molecule has 0 aliphatic rings. The second-order valence-electron chi connectivity index (χ2n) is 22.5. The van der Waals surface area contributed by atoms with E-state index in [-0.39, 0.29) is 0 Å². The van der Waals surface area contributed by atoms with Gasteiger partial charge in [0, 0.05) is 84.7 Å². The minimum atomic E-state index is 0.667. The van der Waals surface area contributed by atoms with Gasteiger partial charge in [-0.15, -0.1) is 0 Å². The molecule has 10 nitrogen and oxygen atoms in total. The van der Waals surface area contributed by atoms with E-state index in [2.05, 4.69) is 122 Å². The molecule has 100 heavy (non-hydrogen) atoms. The third kappa shape index (κ3) is 17.9. The number of halogens is 4. The molecule has 0 aliphatic heterocycles. The van der Waals surface area contributed by atoms with E-state index in [9.17, 15) is 0 Å². The van der Waals surface area contributed by atoms with Gasteiger partial charge >= 0.3 is 0 Å². The highest BCUT2D eigenvalue weighted by atomic mass is 79.9. The Bertz CT molecular complexity index is 4740. The van der Waals surface area contributed by atoms with E-state index in [0.717, 1.165) is 119 Å². The number of hydrogen-bond acceptors (Lipinski definition) is 10. The Morgan fingerprint density at radius 1 is 0.130 bits per heavy atom. The zero-order valence-electron chi connectivity index (χ0n) is 53.5. The van der Waals surface area contributed by atoms with Crippen LogP contribution in [0.4, 0.5) is 0 Å². The number of benzene rings is 12. The Morgan fingerprint density at radius 2 is 0.310 bits per heavy atom. The van der Waals surface area contributed by atoms with Gasteiger partial charge in [-0.2, -0.15) is 0 Å². The zero-order valence-corrected chi connectivity index (χ0v) is 59.8. The summed E-state index contributed by atoms with van der Waals surface area (Å²) in [6.07, 6.45) is 0. The Balaban J connectivity index is 0.000000119. The first kappa shape index (κ1) is 67.3. The van der Waals surface area contributed by atoms with Gasteiger partial charge in [0.2, 0.25) is 0 Å². The molecule has 0 amide bonds. The molecule has 4 heterocycles. The van der Waals surface area contributed by atoms with E-state index >= 15 is 0 Å². The highest BCUT2D eigenvalue weighted by Crippen LogP contribution is 2.33. The molecular formula is C86H58Br4N10. The lowest BCUT2D eigenvalue weighted by Crippen LogP contribution is -1.99. The summed E-state index contributed by atoms with van der Waals surface area (Å²) >= 11 is 14.0. The Labute approximate surface area is 614 Å². The Kier molecular flexibility index (Phi) is 22.4. The Hall–Kier alpha value is -11.3. The zero-order chi connectivity index (χ0) is 68.2. The van der Waals surface area contributed by atoms with Crippen molar-refractivity contribution in [2.45, 2.75) is 0 Å². The normalized spacial score (nSPS) is 10.6. The van der Waals surface area contributed by atoms with Crippen LogP contribution in [0, 0.1) is 0 Å². The minimum absolute atomic E-state index is 0.667. The summed E-state index contributed by atoms with van der Waals surface area (Å²) < 4.78 is 4.12. The summed E-state index contributed by atoms with van der Waals surface area (Å²) in [5.41, 5.74) is 15.8. The topological polar surface area (TPSA) is 129 Å². The van der Waals surface area contributed by atoms with E-state index in [1.54, 1.807) is 0 Å². The summed E-state index contributed by atoms with van der Waals surface area (Å²) in [5, 5.41) is 0. The standard InChI is InChI=1S/2C22H15BrN2.2C21H14BrN3/c2*23-19-13-7-12-18(14-19)21-15-20(16-8-3-1-4-9-16)24-22(25-21)17-10-5-2-6-11-17;2*22-18-13-11-17(12-14-18)21-24-19(15-7-3-1-4-8-15)23-20(25-21)16-9-5-2-6-10-16/h2*1-15H;2*1-14H. The maximum absolute atomic E-state index is 4.81. The van der Waals surface area contributed by atoms with Gasteiger partial charge in [0.15, 0.2) is 46.6 Å². The second-order valence-corrected chi connectivity index (χ2v) is 26.2. The molecule has 12 aromatic carbocycles. The van der Waals surface area contributed by atoms with Crippen LogP contribution in [-0.2, 0) is 0 Å². The first-order chi connectivity index (χ1) is 49.2. The monoisotopic (exact) mass is 1550 g/mol. The second kappa shape index (κ2) is 33.3. The van der Waals surface area contributed by atoms with Gasteiger partial charge in [0.1, 0.15) is 0 Å². The van der Waals surface area contributed by atoms with Crippen molar-refractivity contribution in [2.24, 2.45) is 0 Å². The fraction of sp³-hybridized carbons (Fsp3) is 0. The van der Waals surface area contributed by atoms with Crippen LogP contribution in [-0.4, -0.2) is 49.8 Å². The van der Waals surface area contributed by atoms with Gasteiger partial charge in [0.25, 0.3) is 0 Å². The minimum Gasteiger partial charge on any atom is -0.228 e. The molecule has 0 spiro atoms. The van der Waals surface area contributed by atoms with Gasteiger partial charge in [-0.3, -0.25) is 0 Å². The Morgan fingerprint density at radius 3 is 0.530 bits per heavy atom. The van der Waals surface area contributed by atoms with Gasteiger partial charge in [-0.1, -0.05) is 355 Å². The lowest BCUT2D eigenvalue weighted by molar-refractivity contribution is 1.07. The number of hydrogen-bond donors (Lipinski definition) is 0. The average molecular weight is 1550 g/mol. The highest BCUT2D eigenvalue weighted by molar-refractivity contribution is 9.11. The average Bonchev–Trinajstić information content (AvgIpc) is 0.831. The summed E-state index contributed by atoms with van der Waals surface area (Å²) in [5.74, 6) is 5.49. The molecule has 0 bridgehead atoms. The van der Waals surface area contributed by atoms with Gasteiger partial charge < -0.3 is 0 Å². The molecule has 0 atom stereocenters. The predicted molar refractivity (Wildman–Crippen MR) is 420 cm³/mol. The quantitative estimate of drug-likeness (QED) is 0.117. The van der Waals surface area contributed by atoms with E-state index in [1.807, 2.05) is 303 Å². The molecule has 16 rings (SSSR count).